The molecule has 16 heteroatoms. The van der Waals surface area contributed by atoms with Crippen LogP contribution in [-0.4, -0.2) is 68.5 Å². The number of cyclic esters (lactones) is 1. The van der Waals surface area contributed by atoms with Gasteiger partial charge in [-0.05, 0) is 18.2 Å². The SMILES string of the molecule is CC(=O)N(C[C@H]1CN(c2ccc(N3Cc4cn(C)nc4C3)c(F)c2)C(=O)O1)C(=O)OCOP(=O)(O)O. The zero-order chi connectivity index (χ0) is 26.2. The molecule has 1 atom stereocenters. The molecule has 0 saturated carbocycles. The third kappa shape index (κ3) is 5.65. The predicted octanol–water partition coefficient (Wildman–Crippen LogP) is 1.46. The lowest BCUT2D eigenvalue weighted by atomic mass is 10.2. The Morgan fingerprint density at radius 3 is 2.72 bits per heavy atom. The molecule has 2 aliphatic heterocycles. The quantitative estimate of drug-likeness (QED) is 0.396. The summed E-state index contributed by atoms with van der Waals surface area (Å²) in [6.45, 7) is 0.437. The number of anilines is 2. The van der Waals surface area contributed by atoms with Crippen molar-refractivity contribution in [1.29, 1.82) is 0 Å². The Labute approximate surface area is 204 Å². The van der Waals surface area contributed by atoms with E-state index in [-0.39, 0.29) is 12.2 Å². The third-order valence-corrected chi connectivity index (χ3v) is 5.98. The molecule has 0 aliphatic carbocycles. The summed E-state index contributed by atoms with van der Waals surface area (Å²) in [4.78, 5) is 57.3. The van der Waals surface area contributed by atoms with E-state index in [9.17, 15) is 23.3 Å². The average molecular weight is 527 g/mol. The van der Waals surface area contributed by atoms with Crippen molar-refractivity contribution in [3.8, 4) is 0 Å². The smallest absolute Gasteiger partial charge is 0.442 e. The molecule has 0 unspecified atom stereocenters. The minimum absolute atomic E-state index is 0.0899. The summed E-state index contributed by atoms with van der Waals surface area (Å²) in [6, 6.07) is 4.32. The van der Waals surface area contributed by atoms with E-state index >= 15 is 0 Å². The van der Waals surface area contributed by atoms with Crippen LogP contribution in [0.3, 0.4) is 0 Å². The van der Waals surface area contributed by atoms with E-state index in [1.54, 1.807) is 16.8 Å². The summed E-state index contributed by atoms with van der Waals surface area (Å²) in [5.74, 6) is -1.31. The second-order valence-corrected chi connectivity index (χ2v) is 9.40. The number of carbonyl (C=O) groups excluding carboxylic acids is 3. The second kappa shape index (κ2) is 9.85. The van der Waals surface area contributed by atoms with Crippen molar-refractivity contribution in [2.45, 2.75) is 26.1 Å². The van der Waals surface area contributed by atoms with Crippen LogP contribution < -0.4 is 9.80 Å². The van der Waals surface area contributed by atoms with Crippen molar-refractivity contribution >= 4 is 37.3 Å². The Bertz CT molecular complexity index is 1220. The number of halogens is 1. The third-order valence-electron chi connectivity index (χ3n) is 5.54. The van der Waals surface area contributed by atoms with Crippen LogP contribution in [0.15, 0.2) is 24.4 Å². The number of nitrogens with zero attached hydrogens (tertiary/aromatic N) is 5. The molecule has 3 heterocycles. The molecule has 0 radical (unpaired) electrons. The lowest BCUT2D eigenvalue weighted by Gasteiger charge is -2.22. The predicted molar refractivity (Wildman–Crippen MR) is 119 cm³/mol. The number of rotatable bonds is 7. The van der Waals surface area contributed by atoms with E-state index in [1.165, 1.54) is 11.0 Å². The Morgan fingerprint density at radius 1 is 1.33 bits per heavy atom. The highest BCUT2D eigenvalue weighted by Gasteiger charge is 2.36. The number of phosphoric ester groups is 1. The van der Waals surface area contributed by atoms with Crippen LogP contribution in [0.2, 0.25) is 0 Å². The van der Waals surface area contributed by atoms with Crippen LogP contribution in [0.4, 0.5) is 25.4 Å². The molecule has 1 aromatic heterocycles. The van der Waals surface area contributed by atoms with Crippen molar-refractivity contribution in [3.63, 3.8) is 0 Å². The highest BCUT2D eigenvalue weighted by molar-refractivity contribution is 7.46. The van der Waals surface area contributed by atoms with E-state index in [2.05, 4.69) is 14.4 Å². The first-order valence-corrected chi connectivity index (χ1v) is 12.1. The topological polar surface area (TPSA) is 164 Å². The van der Waals surface area contributed by atoms with Crippen LogP contribution in [0.25, 0.3) is 0 Å². The Balaban J connectivity index is 1.38. The minimum atomic E-state index is -4.88. The number of ether oxygens (including phenoxy) is 2. The van der Waals surface area contributed by atoms with Gasteiger partial charge in [-0.1, -0.05) is 0 Å². The summed E-state index contributed by atoms with van der Waals surface area (Å²) < 4.78 is 41.1. The number of fused-ring (bicyclic) bond motifs is 1. The van der Waals surface area contributed by atoms with Gasteiger partial charge in [-0.2, -0.15) is 5.10 Å². The highest BCUT2D eigenvalue weighted by atomic mass is 31.2. The zero-order valence-electron chi connectivity index (χ0n) is 19.2. The average Bonchev–Trinajstić information content (AvgIpc) is 3.43. The van der Waals surface area contributed by atoms with Crippen LogP contribution in [0.1, 0.15) is 18.2 Å². The van der Waals surface area contributed by atoms with E-state index in [1.807, 2.05) is 18.1 Å². The molecule has 36 heavy (non-hydrogen) atoms. The maximum absolute atomic E-state index is 15.0. The highest BCUT2D eigenvalue weighted by Crippen LogP contribution is 2.35. The number of benzene rings is 1. The van der Waals surface area contributed by atoms with Gasteiger partial charge in [0.1, 0.15) is 11.9 Å². The molecule has 3 amide bonds. The summed E-state index contributed by atoms with van der Waals surface area (Å²) >= 11 is 0. The van der Waals surface area contributed by atoms with Gasteiger partial charge in [0.05, 0.1) is 36.7 Å². The normalized spacial score (nSPS) is 17.2. The molecule has 1 fully saturated rings. The van der Waals surface area contributed by atoms with Gasteiger partial charge in [-0.25, -0.2) is 28.0 Å². The summed E-state index contributed by atoms with van der Waals surface area (Å²) in [5.41, 5.74) is 2.46. The van der Waals surface area contributed by atoms with Crippen molar-refractivity contribution in [3.05, 3.63) is 41.5 Å². The van der Waals surface area contributed by atoms with Gasteiger partial charge in [-0.15, -0.1) is 0 Å². The van der Waals surface area contributed by atoms with E-state index in [0.717, 1.165) is 18.2 Å². The maximum Gasteiger partial charge on any atom is 0.472 e. The van der Waals surface area contributed by atoms with Crippen molar-refractivity contribution in [2.24, 2.45) is 7.05 Å². The lowest BCUT2D eigenvalue weighted by Crippen LogP contribution is -2.42. The van der Waals surface area contributed by atoms with Gasteiger partial charge in [0.2, 0.25) is 12.7 Å². The monoisotopic (exact) mass is 527 g/mol. The number of carbonyl (C=O) groups is 3. The molecule has 2 aromatic rings. The molecular weight excluding hydrogens is 504 g/mol. The van der Waals surface area contributed by atoms with Gasteiger partial charge in [-0.3, -0.25) is 14.4 Å². The van der Waals surface area contributed by atoms with Crippen molar-refractivity contribution in [2.75, 3.05) is 29.7 Å². The van der Waals surface area contributed by atoms with Gasteiger partial charge >= 0.3 is 20.0 Å². The molecule has 2 aliphatic rings. The zero-order valence-corrected chi connectivity index (χ0v) is 20.1. The van der Waals surface area contributed by atoms with E-state index in [0.29, 0.717) is 23.7 Å². The number of hydrogen-bond acceptors (Lipinski definition) is 9. The molecule has 194 valence electrons. The fourth-order valence-electron chi connectivity index (χ4n) is 3.97. The van der Waals surface area contributed by atoms with E-state index in [4.69, 9.17) is 14.5 Å². The van der Waals surface area contributed by atoms with Crippen LogP contribution >= 0.6 is 7.82 Å². The van der Waals surface area contributed by atoms with Gasteiger partial charge < -0.3 is 24.2 Å². The van der Waals surface area contributed by atoms with E-state index < -0.39 is 51.2 Å². The molecule has 14 nitrogen and oxygen atoms in total. The number of hydrogen-bond donors (Lipinski definition) is 2. The molecule has 0 spiro atoms. The first kappa shape index (κ1) is 25.6. The lowest BCUT2D eigenvalue weighted by molar-refractivity contribution is -0.128. The largest absolute Gasteiger partial charge is 0.472 e. The fourth-order valence-corrected chi connectivity index (χ4v) is 4.16. The van der Waals surface area contributed by atoms with Gasteiger partial charge in [0.25, 0.3) is 0 Å². The molecule has 1 saturated heterocycles. The molecule has 4 rings (SSSR count). The number of aryl methyl sites for hydroxylation is 1. The minimum Gasteiger partial charge on any atom is -0.442 e. The van der Waals surface area contributed by atoms with Crippen LogP contribution in [-0.2, 0) is 43.5 Å². The van der Waals surface area contributed by atoms with Crippen LogP contribution in [0.5, 0.6) is 0 Å². The Hall–Kier alpha value is -3.52. The second-order valence-electron chi connectivity index (χ2n) is 8.16. The molecule has 1 aromatic carbocycles. The summed E-state index contributed by atoms with van der Waals surface area (Å²) in [7, 11) is -3.06. The molecule has 0 bridgehead atoms. The number of imide groups is 1. The number of amides is 3. The summed E-state index contributed by atoms with van der Waals surface area (Å²) in [6.07, 6.45) is -1.12. The number of phosphoric acid groups is 1. The number of aromatic nitrogens is 2. The van der Waals surface area contributed by atoms with Gasteiger partial charge in [0, 0.05) is 32.3 Å². The Kier molecular flexibility index (Phi) is 7.00. The van der Waals surface area contributed by atoms with Gasteiger partial charge in [0.15, 0.2) is 0 Å². The maximum atomic E-state index is 15.0. The summed E-state index contributed by atoms with van der Waals surface area (Å²) in [5, 5.41) is 4.35. The first-order valence-electron chi connectivity index (χ1n) is 10.6. The van der Waals surface area contributed by atoms with Crippen molar-refractivity contribution < 1.29 is 47.1 Å². The first-order chi connectivity index (χ1) is 16.9. The standard InChI is InChI=1S/C20H23FN5O9P/c1-12(27)25(19(28)33-11-34-36(30,31)32)8-15-9-26(20(29)35-15)14-3-4-18(16(21)5-14)24-7-13-6-23(2)22-17(13)10-24/h3-6,15H,7-11H2,1-2H3,(H2,30,31,32)/t15-/m0/s1. The Morgan fingerprint density at radius 2 is 2.08 bits per heavy atom. The van der Waals surface area contributed by atoms with Crippen LogP contribution in [0, 0.1) is 5.82 Å². The molecule has 2 N–H and O–H groups in total. The van der Waals surface area contributed by atoms with Crippen molar-refractivity contribution in [1.82, 2.24) is 14.7 Å². The molecular formula is C20H23FN5O9P. The fraction of sp³-hybridized carbons (Fsp3) is 0.400.